The maximum atomic E-state index is 2.39. The van der Waals surface area contributed by atoms with Crippen molar-refractivity contribution in [3.05, 3.63) is 252 Å². The normalized spacial score (nSPS) is 12.9. The molecule has 2 aliphatic carbocycles. The summed E-state index contributed by atoms with van der Waals surface area (Å²) in [5, 5.41) is 5.00. The van der Waals surface area contributed by atoms with Crippen LogP contribution in [0.25, 0.3) is 43.8 Å². The lowest BCUT2D eigenvalue weighted by molar-refractivity contribution is 0.809. The number of para-hydroxylation sites is 2. The minimum Gasteiger partial charge on any atom is -0.310 e. The third kappa shape index (κ3) is 5.29. The van der Waals surface area contributed by atoms with Crippen LogP contribution in [-0.4, -0.2) is 0 Å². The van der Waals surface area contributed by atoms with Crippen LogP contribution in [0, 0.1) is 13.8 Å². The van der Waals surface area contributed by atoms with Crippen LogP contribution in [0.4, 0.5) is 34.1 Å². The molecule has 0 unspecified atom stereocenters. The van der Waals surface area contributed by atoms with E-state index in [1.54, 1.807) is 0 Å². The number of rotatable bonds is 6. The number of fused-ring (bicyclic) bond motifs is 14. The summed E-state index contributed by atoms with van der Waals surface area (Å²) >= 11 is 0. The van der Waals surface area contributed by atoms with Crippen LogP contribution in [-0.2, 0) is 5.41 Å². The average molecular weight is 779 g/mol. The van der Waals surface area contributed by atoms with Crippen LogP contribution in [0.15, 0.2) is 218 Å². The molecule has 0 fully saturated rings. The Labute approximate surface area is 357 Å². The van der Waals surface area contributed by atoms with Gasteiger partial charge in [0.1, 0.15) is 0 Å². The first-order chi connectivity index (χ1) is 30.1. The first kappa shape index (κ1) is 35.3. The van der Waals surface area contributed by atoms with E-state index in [-0.39, 0.29) is 0 Å². The molecular weight excluding hydrogens is 737 g/mol. The van der Waals surface area contributed by atoms with Gasteiger partial charge in [-0.1, -0.05) is 157 Å². The van der Waals surface area contributed by atoms with Crippen molar-refractivity contribution in [3.8, 4) is 22.3 Å². The molecule has 1 spiro atoms. The molecule has 0 saturated carbocycles. The van der Waals surface area contributed by atoms with E-state index in [0.29, 0.717) is 0 Å². The van der Waals surface area contributed by atoms with Gasteiger partial charge < -0.3 is 9.80 Å². The molecule has 10 aromatic carbocycles. The van der Waals surface area contributed by atoms with E-state index in [4.69, 9.17) is 0 Å². The Balaban J connectivity index is 1.11. The molecule has 0 radical (unpaired) electrons. The predicted octanol–water partition coefficient (Wildman–Crippen LogP) is 15.9. The highest BCUT2D eigenvalue weighted by atomic mass is 15.1. The van der Waals surface area contributed by atoms with Crippen molar-refractivity contribution in [1.82, 2.24) is 0 Å². The average Bonchev–Trinajstić information content (AvgIpc) is 3.79. The topological polar surface area (TPSA) is 6.48 Å². The second-order valence-electron chi connectivity index (χ2n) is 16.6. The predicted molar refractivity (Wildman–Crippen MR) is 257 cm³/mol. The summed E-state index contributed by atoms with van der Waals surface area (Å²) in [6, 6.07) is 81.1. The van der Waals surface area contributed by atoms with Crippen LogP contribution in [0.1, 0.15) is 33.4 Å². The van der Waals surface area contributed by atoms with E-state index in [1.807, 2.05) is 0 Å². The summed E-state index contributed by atoms with van der Waals surface area (Å²) in [5.41, 5.74) is 19.4. The SMILES string of the molecule is Cc1ccc(N(c2ccccc2)c2ccc3c4c(ccc3c2)-c2ccc3cc(N(c5ccccc5)c5ccc(C)cc5)ccc3c2C42c3ccccc3-c3ccccc32)cc1. The van der Waals surface area contributed by atoms with E-state index in [0.717, 1.165) is 34.1 Å². The van der Waals surface area contributed by atoms with Gasteiger partial charge in [-0.3, -0.25) is 0 Å². The summed E-state index contributed by atoms with van der Waals surface area (Å²) in [6.45, 7) is 4.29. The lowest BCUT2D eigenvalue weighted by Crippen LogP contribution is -2.26. The number of benzene rings is 10. The van der Waals surface area contributed by atoms with E-state index < -0.39 is 5.41 Å². The largest absolute Gasteiger partial charge is 0.310 e. The second-order valence-corrected chi connectivity index (χ2v) is 16.6. The quantitative estimate of drug-likeness (QED) is 0.166. The first-order valence-electron chi connectivity index (χ1n) is 21.3. The Morgan fingerprint density at radius 3 is 1.08 bits per heavy atom. The Kier molecular flexibility index (Phi) is 7.92. The van der Waals surface area contributed by atoms with Crippen LogP contribution < -0.4 is 9.80 Å². The number of aryl methyl sites for hydroxylation is 2. The summed E-state index contributed by atoms with van der Waals surface area (Å²) in [6.07, 6.45) is 0. The third-order valence-corrected chi connectivity index (χ3v) is 13.1. The second kappa shape index (κ2) is 13.7. The van der Waals surface area contributed by atoms with Crippen molar-refractivity contribution in [2.24, 2.45) is 0 Å². The van der Waals surface area contributed by atoms with Gasteiger partial charge in [0.25, 0.3) is 0 Å². The van der Waals surface area contributed by atoms with Gasteiger partial charge in [-0.25, -0.2) is 0 Å². The van der Waals surface area contributed by atoms with Crippen LogP contribution in [0.5, 0.6) is 0 Å². The lowest BCUT2D eigenvalue weighted by Gasteiger charge is -2.33. The van der Waals surface area contributed by atoms with Gasteiger partial charge in [-0.15, -0.1) is 0 Å². The highest BCUT2D eigenvalue weighted by Crippen LogP contribution is 2.65. The number of hydrogen-bond donors (Lipinski definition) is 0. The molecule has 0 aromatic heterocycles. The molecule has 0 atom stereocenters. The van der Waals surface area contributed by atoms with Crippen molar-refractivity contribution in [2.75, 3.05) is 9.80 Å². The summed E-state index contributed by atoms with van der Waals surface area (Å²) in [7, 11) is 0. The molecule has 10 aromatic rings. The van der Waals surface area contributed by atoms with Gasteiger partial charge in [-0.2, -0.15) is 0 Å². The fraction of sp³-hybridized carbons (Fsp3) is 0.0508. The van der Waals surface area contributed by atoms with E-state index in [1.165, 1.54) is 77.2 Å². The van der Waals surface area contributed by atoms with Crippen LogP contribution >= 0.6 is 0 Å². The lowest BCUT2D eigenvalue weighted by atomic mass is 9.68. The molecule has 12 rings (SSSR count). The van der Waals surface area contributed by atoms with Gasteiger partial charge in [-0.05, 0) is 153 Å². The minimum absolute atomic E-state index is 0.522. The molecule has 0 aliphatic heterocycles. The molecular formula is C59H42N2. The molecule has 2 heteroatoms. The maximum absolute atomic E-state index is 2.39. The zero-order valence-corrected chi connectivity index (χ0v) is 34.2. The minimum atomic E-state index is -0.522. The molecule has 0 saturated heterocycles. The molecule has 0 N–H and O–H groups in total. The smallest absolute Gasteiger partial charge is 0.0737 e. The molecule has 0 amide bonds. The monoisotopic (exact) mass is 778 g/mol. The molecule has 2 nitrogen and oxygen atoms in total. The fourth-order valence-electron chi connectivity index (χ4n) is 10.5. The van der Waals surface area contributed by atoms with E-state index in [9.17, 15) is 0 Å². The Hall–Kier alpha value is -7.68. The van der Waals surface area contributed by atoms with Gasteiger partial charge in [0.15, 0.2) is 0 Å². The van der Waals surface area contributed by atoms with E-state index >= 15 is 0 Å². The summed E-state index contributed by atoms with van der Waals surface area (Å²) in [5.74, 6) is 0. The van der Waals surface area contributed by atoms with Crippen molar-refractivity contribution in [3.63, 3.8) is 0 Å². The first-order valence-corrected chi connectivity index (χ1v) is 21.3. The third-order valence-electron chi connectivity index (χ3n) is 13.1. The molecule has 0 heterocycles. The van der Waals surface area contributed by atoms with Gasteiger partial charge >= 0.3 is 0 Å². The van der Waals surface area contributed by atoms with Crippen molar-refractivity contribution < 1.29 is 0 Å². The van der Waals surface area contributed by atoms with Crippen molar-refractivity contribution in [1.29, 1.82) is 0 Å². The zero-order chi connectivity index (χ0) is 40.7. The summed E-state index contributed by atoms with van der Waals surface area (Å²) in [4.78, 5) is 4.74. The van der Waals surface area contributed by atoms with Crippen molar-refractivity contribution in [2.45, 2.75) is 19.3 Å². The molecule has 2 aliphatic rings. The molecule has 61 heavy (non-hydrogen) atoms. The number of nitrogens with zero attached hydrogens (tertiary/aromatic N) is 2. The fourth-order valence-corrected chi connectivity index (χ4v) is 10.5. The maximum Gasteiger partial charge on any atom is 0.0737 e. The zero-order valence-electron chi connectivity index (χ0n) is 34.2. The van der Waals surface area contributed by atoms with Gasteiger partial charge in [0, 0.05) is 34.1 Å². The Bertz CT molecular complexity index is 3090. The molecule has 288 valence electrons. The van der Waals surface area contributed by atoms with Crippen LogP contribution in [0.2, 0.25) is 0 Å². The van der Waals surface area contributed by atoms with Crippen LogP contribution in [0.3, 0.4) is 0 Å². The van der Waals surface area contributed by atoms with Crippen molar-refractivity contribution >= 4 is 55.7 Å². The number of anilines is 6. The number of hydrogen-bond acceptors (Lipinski definition) is 2. The Morgan fingerprint density at radius 1 is 0.295 bits per heavy atom. The highest BCUT2D eigenvalue weighted by molar-refractivity contribution is 6.10. The molecule has 0 bridgehead atoms. The Morgan fingerprint density at radius 2 is 0.656 bits per heavy atom. The summed E-state index contributed by atoms with van der Waals surface area (Å²) < 4.78 is 0. The van der Waals surface area contributed by atoms with E-state index in [2.05, 4.69) is 242 Å². The van der Waals surface area contributed by atoms with Gasteiger partial charge in [0.05, 0.1) is 5.41 Å². The van der Waals surface area contributed by atoms with Gasteiger partial charge in [0.2, 0.25) is 0 Å². The standard InChI is InChI=1S/C59H42N2/c1-39-21-27-45(28-22-39)60(43-13-5-3-6-14-43)47-31-35-49-41(37-47)25-33-53-54-34-26-42-38-48(61(44-15-7-4-8-16-44)46-29-23-40(2)24-30-46)32-36-50(42)58(54)59(57(49)53)55-19-11-9-17-51(55)52-18-10-12-20-56(52)59/h3-38H,1-2H3. The highest BCUT2D eigenvalue weighted by Gasteiger charge is 2.53.